The summed E-state index contributed by atoms with van der Waals surface area (Å²) in [5.41, 5.74) is 0.751. The number of fused-ring (bicyclic) bond motifs is 1. The van der Waals surface area contributed by atoms with Crippen molar-refractivity contribution in [2.45, 2.75) is 6.42 Å². The van der Waals surface area contributed by atoms with Gasteiger partial charge < -0.3 is 10.2 Å². The van der Waals surface area contributed by atoms with Crippen molar-refractivity contribution in [2.75, 3.05) is 18.9 Å². The fourth-order valence-corrected chi connectivity index (χ4v) is 3.02. The molecule has 0 saturated heterocycles. The van der Waals surface area contributed by atoms with Crippen molar-refractivity contribution < 1.29 is 9.59 Å². The Kier molecular flexibility index (Phi) is 5.75. The number of para-hydroxylation sites is 1. The Morgan fingerprint density at radius 1 is 1.11 bits per heavy atom. The third kappa shape index (κ3) is 4.20. The summed E-state index contributed by atoms with van der Waals surface area (Å²) in [6.07, 6.45) is -0.0233. The number of nitrogens with one attached hydrogen (secondary N) is 1. The van der Waals surface area contributed by atoms with Gasteiger partial charge in [0.15, 0.2) is 0 Å². The number of carbonyl (C=O) groups excluding carboxylic acids is 2. The SMILES string of the molecule is CN(CC(=O)Nc1ccccc1Cl)C(=O)Cc1nn(C)c(=O)c2ccccc12. The predicted octanol–water partition coefficient (Wildman–Crippen LogP) is 2.23. The molecule has 0 aliphatic rings. The molecule has 3 aromatic rings. The lowest BCUT2D eigenvalue weighted by molar-refractivity contribution is -0.132. The molecule has 2 amide bonds. The molecule has 2 aromatic carbocycles. The molecule has 0 aliphatic heterocycles. The first-order chi connectivity index (χ1) is 13.4. The number of aromatic nitrogens is 2. The predicted molar refractivity (Wildman–Crippen MR) is 108 cm³/mol. The van der Waals surface area contributed by atoms with Gasteiger partial charge in [-0.15, -0.1) is 0 Å². The molecule has 0 bridgehead atoms. The van der Waals surface area contributed by atoms with E-state index in [1.54, 1.807) is 62.6 Å². The number of likely N-dealkylation sites (N-methyl/N-ethyl adjacent to an activating group) is 1. The van der Waals surface area contributed by atoms with Crippen LogP contribution in [0, 0.1) is 0 Å². The summed E-state index contributed by atoms with van der Waals surface area (Å²) < 4.78 is 1.22. The second kappa shape index (κ2) is 8.22. The van der Waals surface area contributed by atoms with Crippen molar-refractivity contribution in [3.63, 3.8) is 0 Å². The summed E-state index contributed by atoms with van der Waals surface area (Å²) in [5, 5.41) is 8.46. The first-order valence-electron chi connectivity index (χ1n) is 8.60. The second-order valence-corrected chi connectivity index (χ2v) is 6.78. The number of carbonyl (C=O) groups is 2. The lowest BCUT2D eigenvalue weighted by atomic mass is 10.1. The summed E-state index contributed by atoms with van der Waals surface area (Å²) in [7, 11) is 3.09. The molecule has 1 heterocycles. The quantitative estimate of drug-likeness (QED) is 0.714. The van der Waals surface area contributed by atoms with E-state index in [0.717, 1.165) is 0 Å². The van der Waals surface area contributed by atoms with Crippen LogP contribution in [0.2, 0.25) is 5.02 Å². The zero-order chi connectivity index (χ0) is 20.3. The lowest BCUT2D eigenvalue weighted by Crippen LogP contribution is -2.36. The number of aryl methyl sites for hydroxylation is 1. The van der Waals surface area contributed by atoms with E-state index < -0.39 is 0 Å². The van der Waals surface area contributed by atoms with E-state index in [1.165, 1.54) is 9.58 Å². The highest BCUT2D eigenvalue weighted by Gasteiger charge is 2.17. The van der Waals surface area contributed by atoms with Gasteiger partial charge in [-0.3, -0.25) is 14.4 Å². The molecule has 0 saturated carbocycles. The molecule has 0 spiro atoms. The summed E-state index contributed by atoms with van der Waals surface area (Å²) >= 11 is 6.03. The van der Waals surface area contributed by atoms with Crippen molar-refractivity contribution >= 4 is 39.9 Å². The van der Waals surface area contributed by atoms with Gasteiger partial charge in [0.25, 0.3) is 5.56 Å². The number of hydrogen-bond donors (Lipinski definition) is 1. The van der Waals surface area contributed by atoms with Crippen LogP contribution in [0.25, 0.3) is 10.8 Å². The van der Waals surface area contributed by atoms with Gasteiger partial charge >= 0.3 is 0 Å². The minimum absolute atomic E-state index is 0.0233. The number of nitrogens with zero attached hydrogens (tertiary/aromatic N) is 3. The zero-order valence-electron chi connectivity index (χ0n) is 15.5. The van der Waals surface area contributed by atoms with E-state index in [1.807, 2.05) is 0 Å². The first-order valence-corrected chi connectivity index (χ1v) is 8.98. The Hall–Kier alpha value is -3.19. The van der Waals surface area contributed by atoms with Crippen LogP contribution in [-0.2, 0) is 23.1 Å². The molecule has 0 radical (unpaired) electrons. The minimum atomic E-state index is -0.359. The zero-order valence-corrected chi connectivity index (χ0v) is 16.2. The van der Waals surface area contributed by atoms with Crippen LogP contribution in [0.5, 0.6) is 0 Å². The molecular formula is C20H19ClN4O3. The van der Waals surface area contributed by atoms with Crippen molar-refractivity contribution in [1.82, 2.24) is 14.7 Å². The van der Waals surface area contributed by atoms with Crippen LogP contribution >= 0.6 is 11.6 Å². The van der Waals surface area contributed by atoms with Gasteiger partial charge in [0, 0.05) is 19.5 Å². The lowest BCUT2D eigenvalue weighted by Gasteiger charge is -2.17. The Morgan fingerprint density at radius 2 is 1.75 bits per heavy atom. The number of rotatable bonds is 5. The van der Waals surface area contributed by atoms with Crippen LogP contribution in [0.15, 0.2) is 53.3 Å². The van der Waals surface area contributed by atoms with Gasteiger partial charge in [0.1, 0.15) is 0 Å². The van der Waals surface area contributed by atoms with Gasteiger partial charge in [-0.05, 0) is 18.2 Å². The minimum Gasteiger partial charge on any atom is -0.336 e. The van der Waals surface area contributed by atoms with Crippen molar-refractivity contribution in [3.8, 4) is 0 Å². The second-order valence-electron chi connectivity index (χ2n) is 6.38. The highest BCUT2D eigenvalue weighted by Crippen LogP contribution is 2.20. The van der Waals surface area contributed by atoms with Gasteiger partial charge in [-0.1, -0.05) is 41.9 Å². The van der Waals surface area contributed by atoms with Crippen molar-refractivity contribution in [1.29, 1.82) is 0 Å². The largest absolute Gasteiger partial charge is 0.336 e. The summed E-state index contributed by atoms with van der Waals surface area (Å²) in [6.45, 7) is -0.131. The van der Waals surface area contributed by atoms with Gasteiger partial charge in [-0.25, -0.2) is 4.68 Å². The molecule has 1 N–H and O–H groups in total. The number of halogens is 1. The Morgan fingerprint density at radius 3 is 2.46 bits per heavy atom. The maximum atomic E-state index is 12.6. The van der Waals surface area contributed by atoms with Crippen LogP contribution in [0.1, 0.15) is 5.69 Å². The molecule has 7 nitrogen and oxygen atoms in total. The van der Waals surface area contributed by atoms with E-state index in [2.05, 4.69) is 10.4 Å². The van der Waals surface area contributed by atoms with Crippen LogP contribution in [0.4, 0.5) is 5.69 Å². The topological polar surface area (TPSA) is 84.3 Å². The van der Waals surface area contributed by atoms with Crippen LogP contribution < -0.4 is 10.9 Å². The first kappa shape index (κ1) is 19.6. The molecular weight excluding hydrogens is 380 g/mol. The van der Waals surface area contributed by atoms with E-state index in [4.69, 9.17) is 11.6 Å². The summed E-state index contributed by atoms with van der Waals surface area (Å²) in [4.78, 5) is 38.3. The van der Waals surface area contributed by atoms with Crippen LogP contribution in [-0.4, -0.2) is 40.1 Å². The molecule has 0 aliphatic carbocycles. The monoisotopic (exact) mass is 398 g/mol. The normalized spacial score (nSPS) is 10.7. The number of amides is 2. The van der Waals surface area contributed by atoms with Gasteiger partial charge in [0.05, 0.1) is 34.8 Å². The summed E-state index contributed by atoms with van der Waals surface area (Å²) in [5.74, 6) is -0.646. The third-order valence-corrected chi connectivity index (χ3v) is 4.64. The van der Waals surface area contributed by atoms with Gasteiger partial charge in [-0.2, -0.15) is 5.10 Å². The van der Waals surface area contributed by atoms with Gasteiger partial charge in [0.2, 0.25) is 11.8 Å². The molecule has 144 valence electrons. The molecule has 28 heavy (non-hydrogen) atoms. The van der Waals surface area contributed by atoms with Crippen molar-refractivity contribution in [2.24, 2.45) is 7.05 Å². The average Bonchev–Trinajstić information content (AvgIpc) is 2.67. The highest BCUT2D eigenvalue weighted by atomic mass is 35.5. The number of anilines is 1. The standard InChI is InChI=1S/C20H19ClN4O3/c1-24(12-18(26)22-16-10-6-5-9-15(16)21)19(27)11-17-13-7-3-4-8-14(13)20(28)25(2)23-17/h3-10H,11-12H2,1-2H3,(H,22,26). The van der Waals surface area contributed by atoms with E-state index >= 15 is 0 Å². The number of hydrogen-bond acceptors (Lipinski definition) is 4. The van der Waals surface area contributed by atoms with E-state index in [0.29, 0.717) is 27.2 Å². The maximum absolute atomic E-state index is 12.6. The Bertz CT molecular complexity index is 1110. The third-order valence-electron chi connectivity index (χ3n) is 4.31. The molecule has 8 heteroatoms. The smallest absolute Gasteiger partial charge is 0.274 e. The highest BCUT2D eigenvalue weighted by molar-refractivity contribution is 6.33. The maximum Gasteiger partial charge on any atom is 0.274 e. The fourth-order valence-electron chi connectivity index (χ4n) is 2.84. The Balaban J connectivity index is 1.72. The Labute approximate surface area is 166 Å². The molecule has 0 atom stereocenters. The average molecular weight is 399 g/mol. The van der Waals surface area contributed by atoms with E-state index in [9.17, 15) is 14.4 Å². The summed E-state index contributed by atoms with van der Waals surface area (Å²) in [6, 6.07) is 13.9. The van der Waals surface area contributed by atoms with Crippen molar-refractivity contribution in [3.05, 3.63) is 69.6 Å². The molecule has 0 unspecified atom stereocenters. The van der Waals surface area contributed by atoms with E-state index in [-0.39, 0.29) is 30.3 Å². The van der Waals surface area contributed by atoms with Crippen LogP contribution in [0.3, 0.4) is 0 Å². The number of benzene rings is 2. The molecule has 1 aromatic heterocycles. The molecule has 0 fully saturated rings. The fraction of sp³-hybridized carbons (Fsp3) is 0.200. The molecule has 3 rings (SSSR count).